The van der Waals surface area contributed by atoms with Crippen molar-refractivity contribution in [2.75, 3.05) is 13.2 Å². The van der Waals surface area contributed by atoms with E-state index in [1.807, 2.05) is 0 Å². The third kappa shape index (κ3) is 14.7. The van der Waals surface area contributed by atoms with Gasteiger partial charge in [-0.2, -0.15) is 0 Å². The molecule has 0 aromatic carbocycles. The molecule has 0 N–H and O–H groups in total. The van der Waals surface area contributed by atoms with Crippen LogP contribution in [0.2, 0.25) is 8.87 Å². The van der Waals surface area contributed by atoms with Gasteiger partial charge in [-0.3, -0.25) is 0 Å². The first-order valence-corrected chi connectivity index (χ1v) is 10.9. The van der Waals surface area contributed by atoms with Crippen LogP contribution in [0.3, 0.4) is 0 Å². The summed E-state index contributed by atoms with van der Waals surface area (Å²) in [6.45, 7) is 6.14. The van der Waals surface area contributed by atoms with Gasteiger partial charge in [-0.1, -0.05) is 0 Å². The van der Waals surface area contributed by atoms with Crippen molar-refractivity contribution < 1.29 is 9.78 Å². The molecule has 1 heterocycles. The maximum atomic E-state index is 4.69. The van der Waals surface area contributed by atoms with E-state index in [-0.39, 0.29) is 21.1 Å². The molecule has 0 aromatic heterocycles. The first kappa shape index (κ1) is 16.7. The zero-order chi connectivity index (χ0) is 11.9. The summed E-state index contributed by atoms with van der Waals surface area (Å²) in [5, 5.41) is 0. The van der Waals surface area contributed by atoms with Gasteiger partial charge in [0.15, 0.2) is 0 Å². The average molecular weight is 335 g/mol. The van der Waals surface area contributed by atoms with Gasteiger partial charge in [0.25, 0.3) is 0 Å². The van der Waals surface area contributed by atoms with Crippen LogP contribution in [0.15, 0.2) is 0 Å². The second kappa shape index (κ2) is 15.7. The van der Waals surface area contributed by atoms with E-state index in [2.05, 4.69) is 13.8 Å². The summed E-state index contributed by atoms with van der Waals surface area (Å²) in [6.07, 6.45) is 9.39. The Hall–Kier alpha value is 0.719. The predicted molar refractivity (Wildman–Crippen MR) is 70.9 cm³/mol. The molecular weight excluding hydrogens is 307 g/mol. The van der Waals surface area contributed by atoms with E-state index in [1.165, 1.54) is 32.1 Å². The Bertz CT molecular complexity index is 94.8. The fourth-order valence-electron chi connectivity index (χ4n) is 1.35. The molecule has 0 amide bonds. The minimum atomic E-state index is 0.149. The number of rotatable bonds is 6. The number of unbranched alkanes of at least 4 members (excludes halogenated alkanes) is 2. The Balaban J connectivity index is 0.000000288. The standard InChI is InChI=1S/C5H10O2.2C4H9.Sn/c1-2-4-6-7-5-3-1;2*1-3-4-2;/h1-5H2;2*1,3-4H2,2H3;. The van der Waals surface area contributed by atoms with Crippen molar-refractivity contribution in [1.82, 2.24) is 0 Å². The maximum absolute atomic E-state index is 4.69. The molecule has 0 aliphatic carbocycles. The molecule has 0 bridgehead atoms. The Morgan fingerprint density at radius 2 is 1.31 bits per heavy atom. The fraction of sp³-hybridized carbons (Fsp3) is 1.00. The Labute approximate surface area is 112 Å². The van der Waals surface area contributed by atoms with E-state index >= 15 is 0 Å². The fourth-order valence-corrected chi connectivity index (χ4v) is 5.50. The quantitative estimate of drug-likeness (QED) is 0.411. The molecule has 0 aromatic rings. The molecule has 2 radical (unpaired) electrons. The van der Waals surface area contributed by atoms with Crippen LogP contribution in [0.5, 0.6) is 0 Å². The van der Waals surface area contributed by atoms with E-state index in [0.29, 0.717) is 0 Å². The van der Waals surface area contributed by atoms with Crippen molar-refractivity contribution in [1.29, 1.82) is 0 Å². The molecule has 3 heteroatoms. The van der Waals surface area contributed by atoms with Gasteiger partial charge in [-0.15, -0.1) is 0 Å². The van der Waals surface area contributed by atoms with Crippen LogP contribution in [-0.2, 0) is 9.78 Å². The summed E-state index contributed by atoms with van der Waals surface area (Å²) in [4.78, 5) is 9.39. The molecule has 96 valence electrons. The number of hydrogen-bond donors (Lipinski definition) is 0. The second-order valence-corrected chi connectivity index (χ2v) is 8.44. The van der Waals surface area contributed by atoms with Crippen LogP contribution in [0.25, 0.3) is 0 Å². The van der Waals surface area contributed by atoms with Gasteiger partial charge in [0.2, 0.25) is 0 Å². The molecule has 1 aliphatic heterocycles. The zero-order valence-corrected chi connectivity index (χ0v) is 13.9. The summed E-state index contributed by atoms with van der Waals surface area (Å²) >= 11 is 0.149. The first-order valence-electron chi connectivity index (χ1n) is 6.87. The summed E-state index contributed by atoms with van der Waals surface area (Å²) in [6, 6.07) is 0. The topological polar surface area (TPSA) is 18.5 Å². The van der Waals surface area contributed by atoms with Crippen LogP contribution >= 0.6 is 0 Å². The van der Waals surface area contributed by atoms with Gasteiger partial charge in [0, 0.05) is 0 Å². The zero-order valence-electron chi connectivity index (χ0n) is 11.1. The molecule has 0 unspecified atom stereocenters. The summed E-state index contributed by atoms with van der Waals surface area (Å²) in [5.74, 6) is 0. The molecule has 16 heavy (non-hydrogen) atoms. The van der Waals surface area contributed by atoms with Crippen molar-refractivity contribution in [3.05, 3.63) is 0 Å². The number of hydrogen-bond acceptors (Lipinski definition) is 2. The van der Waals surface area contributed by atoms with E-state index in [1.54, 1.807) is 8.87 Å². The molecular formula is C13H28O2Sn. The average Bonchev–Trinajstić information content (AvgIpc) is 2.62. The SMILES string of the molecule is C1CCOOCC1.CCC[CH2][Sn][CH2]CCC. The predicted octanol–water partition coefficient (Wildman–Crippen LogP) is 4.25. The Kier molecular flexibility index (Phi) is 16.4. The van der Waals surface area contributed by atoms with Crippen LogP contribution in [0.4, 0.5) is 0 Å². The molecule has 1 rings (SSSR count). The van der Waals surface area contributed by atoms with Crippen molar-refractivity contribution in [3.8, 4) is 0 Å². The Morgan fingerprint density at radius 3 is 1.75 bits per heavy atom. The van der Waals surface area contributed by atoms with Crippen LogP contribution in [0.1, 0.15) is 58.8 Å². The summed E-state index contributed by atoms with van der Waals surface area (Å²) < 4.78 is 3.25. The van der Waals surface area contributed by atoms with Gasteiger partial charge in [-0.25, -0.2) is 9.78 Å². The second-order valence-electron chi connectivity index (χ2n) is 4.16. The molecule has 0 atom stereocenters. The molecule has 1 fully saturated rings. The molecule has 2 nitrogen and oxygen atoms in total. The monoisotopic (exact) mass is 336 g/mol. The normalized spacial score (nSPS) is 16.1. The van der Waals surface area contributed by atoms with E-state index in [0.717, 1.165) is 26.1 Å². The molecule has 0 spiro atoms. The molecule has 1 aliphatic rings. The van der Waals surface area contributed by atoms with Crippen molar-refractivity contribution in [3.63, 3.8) is 0 Å². The summed E-state index contributed by atoms with van der Waals surface area (Å²) in [7, 11) is 0. The van der Waals surface area contributed by atoms with Crippen molar-refractivity contribution in [2.24, 2.45) is 0 Å². The van der Waals surface area contributed by atoms with Crippen molar-refractivity contribution >= 4 is 21.1 Å². The third-order valence-corrected chi connectivity index (χ3v) is 6.49. The molecule has 1 saturated heterocycles. The van der Waals surface area contributed by atoms with E-state index < -0.39 is 0 Å². The minimum absolute atomic E-state index is 0.149. The van der Waals surface area contributed by atoms with Gasteiger partial charge in [0.05, 0.1) is 13.2 Å². The van der Waals surface area contributed by atoms with Crippen LogP contribution in [0, 0.1) is 0 Å². The first-order chi connectivity index (χ1) is 7.91. The van der Waals surface area contributed by atoms with Gasteiger partial charge >= 0.3 is 69.5 Å². The van der Waals surface area contributed by atoms with Crippen LogP contribution < -0.4 is 0 Å². The van der Waals surface area contributed by atoms with E-state index in [4.69, 9.17) is 9.78 Å². The Morgan fingerprint density at radius 1 is 0.812 bits per heavy atom. The van der Waals surface area contributed by atoms with Gasteiger partial charge in [0.1, 0.15) is 0 Å². The van der Waals surface area contributed by atoms with Gasteiger partial charge in [-0.05, 0) is 19.3 Å². The summed E-state index contributed by atoms with van der Waals surface area (Å²) in [5.41, 5.74) is 0. The third-order valence-electron chi connectivity index (χ3n) is 2.45. The molecule has 0 saturated carbocycles. The van der Waals surface area contributed by atoms with Crippen molar-refractivity contribution in [2.45, 2.75) is 67.7 Å². The van der Waals surface area contributed by atoms with Crippen LogP contribution in [-0.4, -0.2) is 34.4 Å². The van der Waals surface area contributed by atoms with E-state index in [9.17, 15) is 0 Å². The van der Waals surface area contributed by atoms with Gasteiger partial charge < -0.3 is 0 Å².